The normalized spacial score (nSPS) is 13.3. The van der Waals surface area contributed by atoms with E-state index in [0.29, 0.717) is 5.02 Å². The number of methoxy groups -OCH3 is 1. The summed E-state index contributed by atoms with van der Waals surface area (Å²) >= 11 is 6.21. The molecule has 1 aliphatic rings. The predicted octanol–water partition coefficient (Wildman–Crippen LogP) is 4.27. The van der Waals surface area contributed by atoms with E-state index in [2.05, 4.69) is 15.3 Å². The van der Waals surface area contributed by atoms with Crippen LogP contribution in [0.25, 0.3) is 22.2 Å². The first kappa shape index (κ1) is 16.7. The number of hydrogen-bond acceptors (Lipinski definition) is 3. The maximum absolute atomic E-state index is 6.21. The van der Waals surface area contributed by atoms with E-state index in [-0.39, 0.29) is 12.4 Å². The lowest BCUT2D eigenvalue weighted by Gasteiger charge is -2.10. The van der Waals surface area contributed by atoms with Gasteiger partial charge >= 0.3 is 0 Å². The number of para-hydroxylation sites is 1. The lowest BCUT2D eigenvalue weighted by atomic mass is 10.0. The highest BCUT2D eigenvalue weighted by Gasteiger charge is 2.21. The number of ether oxygens (including phenoxy) is 1. The van der Waals surface area contributed by atoms with E-state index in [4.69, 9.17) is 16.3 Å². The highest BCUT2D eigenvalue weighted by molar-refractivity contribution is 6.31. The smallest absolute Gasteiger partial charge is 0.131 e. The van der Waals surface area contributed by atoms with Crippen LogP contribution >= 0.6 is 24.0 Å². The number of nitrogens with one attached hydrogen (secondary N) is 2. The van der Waals surface area contributed by atoms with Crippen molar-refractivity contribution in [3.63, 3.8) is 0 Å². The number of H-pyrrole nitrogens is 1. The number of halogens is 2. The molecule has 1 aliphatic heterocycles. The summed E-state index contributed by atoms with van der Waals surface area (Å²) in [6.07, 6.45) is 0. The van der Waals surface area contributed by atoms with Gasteiger partial charge in [-0.05, 0) is 30.3 Å². The number of aliphatic imine (C=N–C) groups is 1. The first-order valence-electron chi connectivity index (χ1n) is 7.51. The fraction of sp³-hybridized carbons (Fsp3) is 0.167. The van der Waals surface area contributed by atoms with Crippen molar-refractivity contribution in [1.29, 1.82) is 0 Å². The molecule has 2 heterocycles. The van der Waals surface area contributed by atoms with Gasteiger partial charge in [0.15, 0.2) is 0 Å². The second kappa shape index (κ2) is 6.75. The zero-order valence-electron chi connectivity index (χ0n) is 13.1. The van der Waals surface area contributed by atoms with Crippen molar-refractivity contribution in [1.82, 2.24) is 10.3 Å². The summed E-state index contributed by atoms with van der Waals surface area (Å²) < 4.78 is 5.53. The van der Waals surface area contributed by atoms with Gasteiger partial charge in [-0.3, -0.25) is 4.99 Å². The fourth-order valence-electron chi connectivity index (χ4n) is 3.03. The molecule has 0 bridgehead atoms. The number of nitrogens with zero attached hydrogens (tertiary/aromatic N) is 1. The van der Waals surface area contributed by atoms with Gasteiger partial charge in [-0.25, -0.2) is 0 Å². The van der Waals surface area contributed by atoms with Gasteiger partial charge in [0.05, 0.1) is 24.9 Å². The monoisotopic (exact) mass is 361 g/mol. The third kappa shape index (κ3) is 2.72. The molecule has 0 aliphatic carbocycles. The van der Waals surface area contributed by atoms with Crippen molar-refractivity contribution in [2.75, 3.05) is 20.2 Å². The van der Waals surface area contributed by atoms with Crippen LogP contribution in [-0.4, -0.2) is 31.0 Å². The molecule has 3 aromatic rings. The Hall–Kier alpha value is -2.17. The largest absolute Gasteiger partial charge is 0.496 e. The number of fused-ring (bicyclic) bond motifs is 1. The van der Waals surface area contributed by atoms with Gasteiger partial charge < -0.3 is 15.0 Å². The van der Waals surface area contributed by atoms with E-state index in [9.17, 15) is 0 Å². The Morgan fingerprint density at radius 2 is 2.00 bits per heavy atom. The van der Waals surface area contributed by atoms with Gasteiger partial charge in [-0.1, -0.05) is 23.7 Å². The molecule has 4 rings (SSSR count). The van der Waals surface area contributed by atoms with Crippen molar-refractivity contribution in [2.24, 2.45) is 4.99 Å². The number of aromatic amines is 1. The van der Waals surface area contributed by atoms with Crippen molar-refractivity contribution in [3.05, 3.63) is 53.1 Å². The van der Waals surface area contributed by atoms with Crippen LogP contribution in [0.2, 0.25) is 5.02 Å². The molecule has 1 aromatic heterocycles. The standard InChI is InChI=1S/C18H16ClN3O.ClH/c1-23-15-5-3-2-4-12(15)17-16(18-20-8-9-21-18)13-10-11(19)6-7-14(13)22-17;/h2-7,10,22H,8-9H2,1H3,(H,20,21);1H. The van der Waals surface area contributed by atoms with Crippen molar-refractivity contribution in [2.45, 2.75) is 0 Å². The second-order valence-electron chi connectivity index (χ2n) is 5.42. The van der Waals surface area contributed by atoms with Crippen LogP contribution in [0.4, 0.5) is 0 Å². The minimum absolute atomic E-state index is 0. The Morgan fingerprint density at radius 3 is 2.75 bits per heavy atom. The lowest BCUT2D eigenvalue weighted by Crippen LogP contribution is -2.19. The zero-order valence-corrected chi connectivity index (χ0v) is 14.7. The summed E-state index contributed by atoms with van der Waals surface area (Å²) in [5.41, 5.74) is 4.08. The Kier molecular flexibility index (Phi) is 4.69. The van der Waals surface area contributed by atoms with Crippen LogP contribution in [-0.2, 0) is 0 Å². The second-order valence-corrected chi connectivity index (χ2v) is 5.86. The fourth-order valence-corrected chi connectivity index (χ4v) is 3.20. The highest BCUT2D eigenvalue weighted by atomic mass is 35.5. The molecule has 0 amide bonds. The molecule has 0 spiro atoms. The van der Waals surface area contributed by atoms with Crippen molar-refractivity contribution < 1.29 is 4.74 Å². The summed E-state index contributed by atoms with van der Waals surface area (Å²) in [5.74, 6) is 1.73. The van der Waals surface area contributed by atoms with Crippen LogP contribution in [0.5, 0.6) is 5.75 Å². The molecule has 0 saturated carbocycles. The zero-order chi connectivity index (χ0) is 15.8. The minimum Gasteiger partial charge on any atom is -0.496 e. The van der Waals surface area contributed by atoms with E-state index in [0.717, 1.165) is 52.4 Å². The quantitative estimate of drug-likeness (QED) is 0.731. The first-order chi connectivity index (χ1) is 11.3. The molecule has 24 heavy (non-hydrogen) atoms. The number of amidine groups is 1. The molecule has 6 heteroatoms. The summed E-state index contributed by atoms with van der Waals surface area (Å²) in [4.78, 5) is 8.10. The molecule has 124 valence electrons. The van der Waals surface area contributed by atoms with E-state index in [1.807, 2.05) is 42.5 Å². The first-order valence-corrected chi connectivity index (χ1v) is 7.89. The van der Waals surface area contributed by atoms with Gasteiger partial charge in [0.2, 0.25) is 0 Å². The Labute approximate surface area is 151 Å². The van der Waals surface area contributed by atoms with E-state index in [1.54, 1.807) is 7.11 Å². The molecule has 0 atom stereocenters. The van der Waals surface area contributed by atoms with Crippen molar-refractivity contribution >= 4 is 40.7 Å². The molecule has 4 nitrogen and oxygen atoms in total. The maximum Gasteiger partial charge on any atom is 0.131 e. The molecule has 0 fully saturated rings. The Balaban J connectivity index is 0.00000169. The van der Waals surface area contributed by atoms with Crippen LogP contribution in [0, 0.1) is 0 Å². The van der Waals surface area contributed by atoms with Crippen LogP contribution < -0.4 is 10.1 Å². The highest BCUT2D eigenvalue weighted by Crippen LogP contribution is 2.36. The summed E-state index contributed by atoms with van der Waals surface area (Å²) in [7, 11) is 1.68. The Bertz CT molecular complexity index is 918. The molecular weight excluding hydrogens is 345 g/mol. The summed E-state index contributed by atoms with van der Waals surface area (Å²) in [5, 5.41) is 5.14. The molecule has 0 saturated heterocycles. The van der Waals surface area contributed by atoms with Crippen LogP contribution in [0.1, 0.15) is 5.56 Å². The van der Waals surface area contributed by atoms with Gasteiger partial charge in [0.1, 0.15) is 11.6 Å². The molecule has 2 N–H and O–H groups in total. The SMILES string of the molecule is COc1ccccc1-c1[nH]c2ccc(Cl)cc2c1C1=NCCN1.Cl. The minimum atomic E-state index is 0. The van der Waals surface area contributed by atoms with Gasteiger partial charge in [-0.2, -0.15) is 0 Å². The summed E-state index contributed by atoms with van der Waals surface area (Å²) in [6.45, 7) is 1.64. The number of aromatic nitrogens is 1. The molecular formula is C18H17Cl2N3O. The lowest BCUT2D eigenvalue weighted by molar-refractivity contribution is 0.416. The van der Waals surface area contributed by atoms with Crippen molar-refractivity contribution in [3.8, 4) is 17.0 Å². The predicted molar refractivity (Wildman–Crippen MR) is 102 cm³/mol. The third-order valence-electron chi connectivity index (χ3n) is 4.05. The molecule has 0 unspecified atom stereocenters. The van der Waals surface area contributed by atoms with E-state index in [1.165, 1.54) is 0 Å². The number of benzene rings is 2. The average Bonchev–Trinajstić information content (AvgIpc) is 3.21. The average molecular weight is 362 g/mol. The number of rotatable bonds is 3. The van der Waals surface area contributed by atoms with Crippen LogP contribution in [0.15, 0.2) is 47.5 Å². The Morgan fingerprint density at radius 1 is 1.17 bits per heavy atom. The van der Waals surface area contributed by atoms with Gasteiger partial charge in [0.25, 0.3) is 0 Å². The van der Waals surface area contributed by atoms with Gasteiger partial charge in [-0.15, -0.1) is 12.4 Å². The summed E-state index contributed by atoms with van der Waals surface area (Å²) in [6, 6.07) is 13.8. The number of hydrogen-bond donors (Lipinski definition) is 2. The van der Waals surface area contributed by atoms with Gasteiger partial charge in [0, 0.05) is 28.0 Å². The topological polar surface area (TPSA) is 49.4 Å². The van der Waals surface area contributed by atoms with E-state index < -0.39 is 0 Å². The molecule has 0 radical (unpaired) electrons. The maximum atomic E-state index is 6.21. The molecule has 2 aromatic carbocycles. The van der Waals surface area contributed by atoms with Crippen LogP contribution in [0.3, 0.4) is 0 Å². The third-order valence-corrected chi connectivity index (χ3v) is 4.28. The van der Waals surface area contributed by atoms with E-state index >= 15 is 0 Å².